The van der Waals surface area contributed by atoms with Crippen LogP contribution in [0.5, 0.6) is 0 Å². The highest BCUT2D eigenvalue weighted by Crippen LogP contribution is 2.31. The number of nitrogens with one attached hydrogen (secondary N) is 2. The third-order valence-electron chi connectivity index (χ3n) is 6.07. The maximum Gasteiger partial charge on any atom is 0.293 e. The molecular weight excluding hydrogens is 424 g/mol. The van der Waals surface area contributed by atoms with Crippen LogP contribution in [0.25, 0.3) is 0 Å². The molecule has 9 nitrogen and oxygen atoms in total. The Bertz CT molecular complexity index is 1030. The van der Waals surface area contributed by atoms with Gasteiger partial charge in [0.25, 0.3) is 17.5 Å². The van der Waals surface area contributed by atoms with Gasteiger partial charge >= 0.3 is 0 Å². The topological polar surface area (TPSA) is 114 Å². The molecule has 2 aromatic rings. The van der Waals surface area contributed by atoms with Crippen LogP contribution in [0, 0.1) is 10.1 Å². The highest BCUT2D eigenvalue weighted by Gasteiger charge is 2.24. The van der Waals surface area contributed by atoms with E-state index in [1.807, 2.05) is 4.90 Å². The summed E-state index contributed by atoms with van der Waals surface area (Å²) in [5, 5.41) is 17.3. The Balaban J connectivity index is 1.49. The SMILES string of the molecule is O=C(Nc1ccccc1C(=O)NC[C@H]1CCCO1)c1ccc(N2CCCCC2)c([N+](=O)[O-])c1. The predicted octanol–water partition coefficient (Wildman–Crippen LogP) is 3.75. The van der Waals surface area contributed by atoms with E-state index in [4.69, 9.17) is 4.74 Å². The van der Waals surface area contributed by atoms with E-state index in [0.717, 1.165) is 45.2 Å². The molecule has 0 saturated carbocycles. The van der Waals surface area contributed by atoms with Gasteiger partial charge in [-0.1, -0.05) is 12.1 Å². The number of hydrogen-bond donors (Lipinski definition) is 2. The summed E-state index contributed by atoms with van der Waals surface area (Å²) in [5.41, 5.74) is 1.27. The maximum atomic E-state index is 12.9. The van der Waals surface area contributed by atoms with Crippen molar-refractivity contribution in [1.82, 2.24) is 5.32 Å². The van der Waals surface area contributed by atoms with E-state index in [0.29, 0.717) is 30.1 Å². The second-order valence-electron chi connectivity index (χ2n) is 8.35. The molecule has 2 fully saturated rings. The Labute approximate surface area is 192 Å². The van der Waals surface area contributed by atoms with Crippen LogP contribution in [0.4, 0.5) is 17.1 Å². The summed E-state index contributed by atoms with van der Waals surface area (Å²) >= 11 is 0. The number of piperidine rings is 1. The molecule has 174 valence electrons. The summed E-state index contributed by atoms with van der Waals surface area (Å²) in [7, 11) is 0. The molecule has 2 heterocycles. The number of rotatable bonds is 7. The second kappa shape index (κ2) is 10.4. The zero-order chi connectivity index (χ0) is 23.2. The first-order chi connectivity index (χ1) is 16.0. The molecule has 2 aromatic carbocycles. The van der Waals surface area contributed by atoms with E-state index in [2.05, 4.69) is 10.6 Å². The molecule has 0 aliphatic carbocycles. The molecule has 0 aromatic heterocycles. The van der Waals surface area contributed by atoms with Gasteiger partial charge in [-0.05, 0) is 56.4 Å². The predicted molar refractivity (Wildman–Crippen MR) is 125 cm³/mol. The summed E-state index contributed by atoms with van der Waals surface area (Å²) in [6.07, 6.45) is 5.00. The van der Waals surface area contributed by atoms with Crippen molar-refractivity contribution in [3.8, 4) is 0 Å². The first-order valence-electron chi connectivity index (χ1n) is 11.4. The number of carbonyl (C=O) groups is 2. The zero-order valence-electron chi connectivity index (χ0n) is 18.4. The van der Waals surface area contributed by atoms with E-state index in [-0.39, 0.29) is 23.3 Å². The number of carbonyl (C=O) groups excluding carboxylic acids is 2. The molecule has 2 saturated heterocycles. The molecule has 0 spiro atoms. The minimum absolute atomic E-state index is 0.00895. The number of nitro groups is 1. The lowest BCUT2D eigenvalue weighted by Crippen LogP contribution is -2.32. The largest absolute Gasteiger partial charge is 0.376 e. The fourth-order valence-electron chi connectivity index (χ4n) is 4.30. The van der Waals surface area contributed by atoms with Crippen molar-refractivity contribution in [1.29, 1.82) is 0 Å². The number of benzene rings is 2. The van der Waals surface area contributed by atoms with E-state index >= 15 is 0 Å². The van der Waals surface area contributed by atoms with Crippen LogP contribution in [0.1, 0.15) is 52.8 Å². The van der Waals surface area contributed by atoms with Crippen LogP contribution < -0.4 is 15.5 Å². The van der Waals surface area contributed by atoms with Crippen molar-refractivity contribution >= 4 is 28.9 Å². The number of ether oxygens (including phenoxy) is 1. The number of amides is 2. The average molecular weight is 453 g/mol. The van der Waals surface area contributed by atoms with Gasteiger partial charge in [0.1, 0.15) is 5.69 Å². The molecule has 2 aliphatic heterocycles. The van der Waals surface area contributed by atoms with Crippen LogP contribution in [-0.2, 0) is 4.74 Å². The van der Waals surface area contributed by atoms with E-state index in [1.165, 1.54) is 6.07 Å². The second-order valence-corrected chi connectivity index (χ2v) is 8.35. The van der Waals surface area contributed by atoms with Crippen molar-refractivity contribution in [3.63, 3.8) is 0 Å². The van der Waals surface area contributed by atoms with Crippen LogP contribution >= 0.6 is 0 Å². The summed E-state index contributed by atoms with van der Waals surface area (Å²) in [4.78, 5) is 38.9. The molecular formula is C24H28N4O5. The van der Waals surface area contributed by atoms with Crippen molar-refractivity contribution in [2.45, 2.75) is 38.2 Å². The van der Waals surface area contributed by atoms with E-state index < -0.39 is 10.8 Å². The Morgan fingerprint density at radius 2 is 1.85 bits per heavy atom. The monoisotopic (exact) mass is 452 g/mol. The van der Waals surface area contributed by atoms with Gasteiger partial charge in [0.2, 0.25) is 0 Å². The van der Waals surface area contributed by atoms with Crippen molar-refractivity contribution < 1.29 is 19.2 Å². The fraction of sp³-hybridized carbons (Fsp3) is 0.417. The van der Waals surface area contributed by atoms with Gasteiger partial charge in [0.05, 0.1) is 22.3 Å². The quantitative estimate of drug-likeness (QED) is 0.489. The molecule has 1 atom stereocenters. The average Bonchev–Trinajstić information content (AvgIpc) is 3.37. The van der Waals surface area contributed by atoms with Gasteiger partial charge in [-0.25, -0.2) is 0 Å². The van der Waals surface area contributed by atoms with Gasteiger partial charge in [-0.15, -0.1) is 0 Å². The molecule has 2 N–H and O–H groups in total. The number of anilines is 2. The van der Waals surface area contributed by atoms with E-state index in [9.17, 15) is 19.7 Å². The van der Waals surface area contributed by atoms with Crippen LogP contribution in [-0.4, -0.2) is 49.1 Å². The summed E-state index contributed by atoms with van der Waals surface area (Å²) in [5.74, 6) is -0.824. The van der Waals surface area contributed by atoms with Gasteiger partial charge in [-0.3, -0.25) is 19.7 Å². The Kier molecular flexibility index (Phi) is 7.19. The van der Waals surface area contributed by atoms with Gasteiger partial charge < -0.3 is 20.3 Å². The minimum Gasteiger partial charge on any atom is -0.376 e. The van der Waals surface area contributed by atoms with Crippen LogP contribution in [0.2, 0.25) is 0 Å². The Morgan fingerprint density at radius 3 is 2.58 bits per heavy atom. The molecule has 9 heteroatoms. The Morgan fingerprint density at radius 1 is 1.06 bits per heavy atom. The molecule has 4 rings (SSSR count). The normalized spacial score (nSPS) is 18.1. The lowest BCUT2D eigenvalue weighted by atomic mass is 10.1. The molecule has 2 aliphatic rings. The zero-order valence-corrected chi connectivity index (χ0v) is 18.4. The molecule has 33 heavy (non-hydrogen) atoms. The van der Waals surface area contributed by atoms with Crippen molar-refractivity contribution in [2.75, 3.05) is 36.5 Å². The molecule has 0 unspecified atom stereocenters. The summed E-state index contributed by atoms with van der Waals surface area (Å²) in [6, 6.07) is 11.2. The third-order valence-corrected chi connectivity index (χ3v) is 6.07. The molecule has 0 radical (unpaired) electrons. The third kappa shape index (κ3) is 5.48. The van der Waals surface area contributed by atoms with Gasteiger partial charge in [0, 0.05) is 37.9 Å². The standard InChI is InChI=1S/C24H28N4O5/c29-23(17-10-11-21(22(15-17)28(31)32)27-12-4-1-5-13-27)26-20-9-3-2-8-19(20)24(30)25-16-18-7-6-14-33-18/h2-3,8-11,15,18H,1,4-7,12-14,16H2,(H,25,30)(H,26,29)/t18-/m1/s1. The van der Waals surface area contributed by atoms with Gasteiger partial charge in [0.15, 0.2) is 0 Å². The molecule has 2 amide bonds. The first-order valence-corrected chi connectivity index (χ1v) is 11.4. The smallest absolute Gasteiger partial charge is 0.293 e. The van der Waals surface area contributed by atoms with Crippen LogP contribution in [0.3, 0.4) is 0 Å². The number of hydrogen-bond acceptors (Lipinski definition) is 6. The van der Waals surface area contributed by atoms with Crippen LogP contribution in [0.15, 0.2) is 42.5 Å². The van der Waals surface area contributed by atoms with Gasteiger partial charge in [-0.2, -0.15) is 0 Å². The van der Waals surface area contributed by atoms with E-state index in [1.54, 1.807) is 36.4 Å². The fourth-order valence-corrected chi connectivity index (χ4v) is 4.30. The summed E-state index contributed by atoms with van der Waals surface area (Å²) in [6.45, 7) is 2.64. The highest BCUT2D eigenvalue weighted by atomic mass is 16.6. The number of para-hydroxylation sites is 1. The first kappa shape index (κ1) is 22.7. The summed E-state index contributed by atoms with van der Waals surface area (Å²) < 4.78 is 5.53. The number of nitro benzene ring substituents is 1. The highest BCUT2D eigenvalue weighted by molar-refractivity contribution is 6.09. The van der Waals surface area contributed by atoms with Crippen molar-refractivity contribution in [2.24, 2.45) is 0 Å². The van der Waals surface area contributed by atoms with Crippen molar-refractivity contribution in [3.05, 3.63) is 63.7 Å². The molecule has 0 bridgehead atoms. The minimum atomic E-state index is -0.511. The maximum absolute atomic E-state index is 12.9. The lowest BCUT2D eigenvalue weighted by Gasteiger charge is -2.28. The lowest BCUT2D eigenvalue weighted by molar-refractivity contribution is -0.384. The Hall–Kier alpha value is -3.46. The number of nitrogens with zero attached hydrogens (tertiary/aromatic N) is 2.